The van der Waals surface area contributed by atoms with Gasteiger partial charge in [0.2, 0.25) is 0 Å². The number of benzene rings is 1. The molecule has 8 heteroatoms. The van der Waals surface area contributed by atoms with Crippen molar-refractivity contribution in [3.63, 3.8) is 0 Å². The van der Waals surface area contributed by atoms with Crippen LogP contribution >= 0.6 is 11.6 Å². The summed E-state index contributed by atoms with van der Waals surface area (Å²) < 4.78 is 5.46. The standard InChI is InChI=1S/C20H30ClN5O2/c1-2-22-20(26-10-7-16(15-26)25-11-13-28-14-12-25)24-9-8-23-19(27)17-5-3-4-6-18(17)21/h3-6,16H,2,7-15H2,1H3,(H,22,24)(H,23,27). The largest absolute Gasteiger partial charge is 0.379 e. The lowest BCUT2D eigenvalue weighted by Gasteiger charge is -2.32. The Balaban J connectivity index is 1.49. The first kappa shape index (κ1) is 20.9. The van der Waals surface area contributed by atoms with Crippen molar-refractivity contribution in [1.82, 2.24) is 20.4 Å². The molecule has 2 N–H and O–H groups in total. The van der Waals surface area contributed by atoms with Crippen LogP contribution in [0.3, 0.4) is 0 Å². The van der Waals surface area contributed by atoms with E-state index in [4.69, 9.17) is 21.3 Å². The zero-order chi connectivity index (χ0) is 19.8. The molecule has 0 aromatic heterocycles. The molecule has 2 heterocycles. The Labute approximate surface area is 172 Å². The summed E-state index contributed by atoms with van der Waals surface area (Å²) in [5.74, 6) is 0.754. The van der Waals surface area contributed by atoms with Crippen LogP contribution < -0.4 is 10.6 Å². The van der Waals surface area contributed by atoms with Crippen molar-refractivity contribution in [3.05, 3.63) is 34.9 Å². The Bertz CT molecular complexity index is 678. The zero-order valence-corrected chi connectivity index (χ0v) is 17.2. The Morgan fingerprint density at radius 1 is 1.25 bits per heavy atom. The van der Waals surface area contributed by atoms with Crippen LogP contribution in [0.15, 0.2) is 29.3 Å². The second-order valence-electron chi connectivity index (χ2n) is 7.01. The summed E-state index contributed by atoms with van der Waals surface area (Å²) in [7, 11) is 0. The van der Waals surface area contributed by atoms with Crippen LogP contribution in [0, 0.1) is 0 Å². The molecule has 1 amide bonds. The SMILES string of the molecule is CCNC(=NCCNC(=O)c1ccccc1Cl)N1CCC(N2CCOCC2)C1. The van der Waals surface area contributed by atoms with Crippen LogP contribution in [0.4, 0.5) is 0 Å². The summed E-state index contributed by atoms with van der Waals surface area (Å²) in [4.78, 5) is 21.8. The number of nitrogens with zero attached hydrogens (tertiary/aromatic N) is 3. The first-order chi connectivity index (χ1) is 13.7. The van der Waals surface area contributed by atoms with Gasteiger partial charge >= 0.3 is 0 Å². The molecule has 3 rings (SSSR count). The fourth-order valence-electron chi connectivity index (χ4n) is 3.67. The van der Waals surface area contributed by atoms with E-state index in [1.165, 1.54) is 0 Å². The van der Waals surface area contributed by atoms with Crippen LogP contribution in [-0.4, -0.2) is 86.7 Å². The second kappa shape index (κ2) is 10.6. The third kappa shape index (κ3) is 5.59. The number of hydrogen-bond donors (Lipinski definition) is 2. The number of carbonyl (C=O) groups is 1. The number of morpholine rings is 1. The van der Waals surface area contributed by atoms with Gasteiger partial charge in [0.15, 0.2) is 5.96 Å². The molecular formula is C20H30ClN5O2. The monoisotopic (exact) mass is 407 g/mol. The highest BCUT2D eigenvalue weighted by molar-refractivity contribution is 6.33. The molecule has 1 aromatic rings. The average Bonchev–Trinajstić information content (AvgIpc) is 3.21. The van der Waals surface area contributed by atoms with Gasteiger partial charge in [0.05, 0.1) is 30.3 Å². The lowest BCUT2D eigenvalue weighted by Crippen LogP contribution is -2.46. The van der Waals surface area contributed by atoms with E-state index in [2.05, 4.69) is 27.4 Å². The number of halogens is 1. The van der Waals surface area contributed by atoms with E-state index in [-0.39, 0.29) is 5.91 Å². The first-order valence-corrected chi connectivity index (χ1v) is 10.4. The Hall–Kier alpha value is -1.83. The van der Waals surface area contributed by atoms with Crippen molar-refractivity contribution >= 4 is 23.5 Å². The van der Waals surface area contributed by atoms with Gasteiger partial charge in [0.1, 0.15) is 0 Å². The highest BCUT2D eigenvalue weighted by Gasteiger charge is 2.30. The van der Waals surface area contributed by atoms with E-state index in [1.54, 1.807) is 18.2 Å². The van der Waals surface area contributed by atoms with E-state index >= 15 is 0 Å². The summed E-state index contributed by atoms with van der Waals surface area (Å²) in [6.45, 7) is 9.56. The Kier molecular flexibility index (Phi) is 7.94. The highest BCUT2D eigenvalue weighted by atomic mass is 35.5. The fourth-order valence-corrected chi connectivity index (χ4v) is 3.89. The highest BCUT2D eigenvalue weighted by Crippen LogP contribution is 2.17. The lowest BCUT2D eigenvalue weighted by molar-refractivity contribution is 0.0195. The van der Waals surface area contributed by atoms with Gasteiger partial charge in [-0.3, -0.25) is 14.7 Å². The van der Waals surface area contributed by atoms with Crippen LogP contribution in [-0.2, 0) is 4.74 Å². The van der Waals surface area contributed by atoms with Gasteiger partial charge in [0.25, 0.3) is 5.91 Å². The first-order valence-electron chi connectivity index (χ1n) is 10.1. The number of rotatable bonds is 6. The van der Waals surface area contributed by atoms with Gasteiger partial charge in [-0.15, -0.1) is 0 Å². The molecule has 1 aromatic carbocycles. The van der Waals surface area contributed by atoms with Crippen LogP contribution in [0.25, 0.3) is 0 Å². The van der Waals surface area contributed by atoms with Crippen molar-refractivity contribution in [2.45, 2.75) is 19.4 Å². The molecular weight excluding hydrogens is 378 g/mol. The Morgan fingerprint density at radius 3 is 2.79 bits per heavy atom. The summed E-state index contributed by atoms with van der Waals surface area (Å²) in [6, 6.07) is 7.62. The minimum Gasteiger partial charge on any atom is -0.379 e. The molecule has 2 aliphatic heterocycles. The summed E-state index contributed by atoms with van der Waals surface area (Å²) >= 11 is 6.07. The minimum atomic E-state index is -0.167. The molecule has 2 fully saturated rings. The molecule has 0 saturated carbocycles. The maximum atomic E-state index is 12.2. The van der Waals surface area contributed by atoms with Gasteiger partial charge < -0.3 is 20.3 Å². The van der Waals surface area contributed by atoms with Crippen molar-refractivity contribution < 1.29 is 9.53 Å². The number of aliphatic imine (C=N–C) groups is 1. The van der Waals surface area contributed by atoms with Gasteiger partial charge in [-0.25, -0.2) is 0 Å². The molecule has 1 unspecified atom stereocenters. The normalized spacial score (nSPS) is 21.0. The molecule has 7 nitrogen and oxygen atoms in total. The number of likely N-dealkylation sites (tertiary alicyclic amines) is 1. The minimum absolute atomic E-state index is 0.167. The molecule has 2 saturated heterocycles. The van der Waals surface area contributed by atoms with Gasteiger partial charge in [-0.2, -0.15) is 0 Å². The quantitative estimate of drug-likeness (QED) is 0.424. The molecule has 0 aliphatic carbocycles. The van der Waals surface area contributed by atoms with Crippen molar-refractivity contribution in [2.75, 3.05) is 59.0 Å². The maximum Gasteiger partial charge on any atom is 0.252 e. The van der Waals surface area contributed by atoms with Crippen LogP contribution in [0.1, 0.15) is 23.7 Å². The van der Waals surface area contributed by atoms with E-state index in [0.29, 0.717) is 29.7 Å². The Morgan fingerprint density at radius 2 is 2.04 bits per heavy atom. The van der Waals surface area contributed by atoms with Gasteiger partial charge in [-0.05, 0) is 25.5 Å². The number of amides is 1. The van der Waals surface area contributed by atoms with Crippen molar-refractivity contribution in [1.29, 1.82) is 0 Å². The van der Waals surface area contributed by atoms with Crippen LogP contribution in [0.2, 0.25) is 5.02 Å². The molecule has 0 radical (unpaired) electrons. The third-order valence-corrected chi connectivity index (χ3v) is 5.47. The second-order valence-corrected chi connectivity index (χ2v) is 7.42. The summed E-state index contributed by atoms with van der Waals surface area (Å²) in [5.41, 5.74) is 0.493. The van der Waals surface area contributed by atoms with Crippen molar-refractivity contribution in [3.8, 4) is 0 Å². The predicted molar refractivity (Wildman–Crippen MR) is 112 cm³/mol. The smallest absolute Gasteiger partial charge is 0.252 e. The number of nitrogens with one attached hydrogen (secondary N) is 2. The van der Waals surface area contributed by atoms with E-state index in [0.717, 1.165) is 58.3 Å². The third-order valence-electron chi connectivity index (χ3n) is 5.14. The topological polar surface area (TPSA) is 69.2 Å². The average molecular weight is 408 g/mol. The molecule has 28 heavy (non-hydrogen) atoms. The summed E-state index contributed by atoms with van der Waals surface area (Å²) in [5, 5.41) is 6.73. The maximum absolute atomic E-state index is 12.2. The zero-order valence-electron chi connectivity index (χ0n) is 16.5. The van der Waals surface area contributed by atoms with Crippen LogP contribution in [0.5, 0.6) is 0 Å². The number of hydrogen-bond acceptors (Lipinski definition) is 4. The summed E-state index contributed by atoms with van der Waals surface area (Å²) in [6.07, 6.45) is 1.15. The van der Waals surface area contributed by atoms with E-state index in [1.807, 2.05) is 6.07 Å². The molecule has 0 bridgehead atoms. The van der Waals surface area contributed by atoms with E-state index < -0.39 is 0 Å². The molecule has 154 valence electrons. The number of ether oxygens (including phenoxy) is 1. The molecule has 2 aliphatic rings. The van der Waals surface area contributed by atoms with Gasteiger partial charge in [0, 0.05) is 45.3 Å². The number of carbonyl (C=O) groups excluding carboxylic acids is 1. The molecule has 1 atom stereocenters. The van der Waals surface area contributed by atoms with Crippen molar-refractivity contribution in [2.24, 2.45) is 4.99 Å². The molecule has 0 spiro atoms. The predicted octanol–water partition coefficient (Wildman–Crippen LogP) is 1.44. The van der Waals surface area contributed by atoms with E-state index in [9.17, 15) is 4.79 Å². The fraction of sp³-hybridized carbons (Fsp3) is 0.600. The lowest BCUT2D eigenvalue weighted by atomic mass is 10.2. The van der Waals surface area contributed by atoms with Gasteiger partial charge in [-0.1, -0.05) is 23.7 Å². The number of guanidine groups is 1.